The van der Waals surface area contributed by atoms with E-state index in [1.54, 1.807) is 0 Å². The second-order valence-electron chi connectivity index (χ2n) is 4.76. The predicted molar refractivity (Wildman–Crippen MR) is 78.7 cm³/mol. The lowest BCUT2D eigenvalue weighted by molar-refractivity contribution is -0.115. The van der Waals surface area contributed by atoms with Gasteiger partial charge in [0.05, 0.1) is 0 Å². The number of hydrogen-bond acceptors (Lipinski definition) is 2. The molecule has 1 fully saturated rings. The van der Waals surface area contributed by atoms with Crippen molar-refractivity contribution in [2.75, 3.05) is 5.32 Å². The van der Waals surface area contributed by atoms with Gasteiger partial charge in [-0.15, -0.1) is 0 Å². The summed E-state index contributed by atoms with van der Waals surface area (Å²) < 4.78 is 1.10. The number of Topliss-reactive ketones (excluding diaryl/α,β-unsaturated/α-hetero) is 1. The number of allylic oxidation sites excluding steroid dienone is 1. The van der Waals surface area contributed by atoms with E-state index in [9.17, 15) is 4.79 Å². The van der Waals surface area contributed by atoms with E-state index in [4.69, 9.17) is 0 Å². The molecular weight excluding hydrogens is 290 g/mol. The maximum Gasteiger partial charge on any atom is 0.160 e. The van der Waals surface area contributed by atoms with E-state index in [0.717, 1.165) is 35.0 Å². The molecule has 1 N–H and O–H groups in total. The summed E-state index contributed by atoms with van der Waals surface area (Å²) >= 11 is 3.48. The van der Waals surface area contributed by atoms with Crippen LogP contribution in [0.1, 0.15) is 37.7 Å². The van der Waals surface area contributed by atoms with Gasteiger partial charge in [-0.3, -0.25) is 4.79 Å². The van der Waals surface area contributed by atoms with Gasteiger partial charge in [0.1, 0.15) is 0 Å². The lowest BCUT2D eigenvalue weighted by Crippen LogP contribution is -2.02. The molecule has 1 aliphatic rings. The first-order valence-electron chi connectivity index (χ1n) is 6.42. The maximum atomic E-state index is 11.8. The van der Waals surface area contributed by atoms with E-state index in [1.807, 2.05) is 18.3 Å². The number of nitrogens with one attached hydrogen (secondary N) is 1. The van der Waals surface area contributed by atoms with Gasteiger partial charge >= 0.3 is 0 Å². The second-order valence-corrected chi connectivity index (χ2v) is 5.62. The lowest BCUT2D eigenvalue weighted by atomic mass is 10.1. The molecule has 0 spiro atoms. The Hall–Kier alpha value is -1.09. The molecule has 96 valence electrons. The first kappa shape index (κ1) is 13.3. The van der Waals surface area contributed by atoms with Crippen LogP contribution in [-0.4, -0.2) is 5.78 Å². The zero-order valence-corrected chi connectivity index (χ0v) is 12.2. The highest BCUT2D eigenvalue weighted by Gasteiger charge is 2.12. The van der Waals surface area contributed by atoms with Gasteiger partial charge in [0.15, 0.2) is 5.78 Å². The summed E-state index contributed by atoms with van der Waals surface area (Å²) in [4.78, 5) is 11.8. The highest BCUT2D eigenvalue weighted by atomic mass is 79.9. The number of anilines is 1. The van der Waals surface area contributed by atoms with Gasteiger partial charge in [-0.05, 0) is 49.9 Å². The lowest BCUT2D eigenvalue weighted by Gasteiger charge is -2.06. The molecule has 0 aliphatic heterocycles. The zero-order valence-electron chi connectivity index (χ0n) is 10.6. The number of carbonyl (C=O) groups excluding carboxylic acids is 1. The number of rotatable bonds is 2. The molecule has 0 radical (unpaired) electrons. The molecule has 1 aromatic carbocycles. The second kappa shape index (κ2) is 6.19. The summed E-state index contributed by atoms with van der Waals surface area (Å²) in [5.74, 6) is 0.300. The average molecular weight is 308 g/mol. The normalized spacial score (nSPS) is 18.8. The highest BCUT2D eigenvalue weighted by molar-refractivity contribution is 9.10. The summed E-state index contributed by atoms with van der Waals surface area (Å²) in [5.41, 5.74) is 3.15. The minimum absolute atomic E-state index is 0.300. The van der Waals surface area contributed by atoms with Crippen LogP contribution in [0, 0.1) is 6.92 Å². The van der Waals surface area contributed by atoms with Gasteiger partial charge in [0, 0.05) is 28.4 Å². The fourth-order valence-corrected chi connectivity index (χ4v) is 2.38. The minimum Gasteiger partial charge on any atom is -0.361 e. The topological polar surface area (TPSA) is 29.1 Å². The van der Waals surface area contributed by atoms with Crippen LogP contribution in [0.15, 0.2) is 34.4 Å². The molecule has 2 nitrogen and oxygen atoms in total. The van der Waals surface area contributed by atoms with Crippen LogP contribution < -0.4 is 5.32 Å². The van der Waals surface area contributed by atoms with Gasteiger partial charge < -0.3 is 5.32 Å². The first-order chi connectivity index (χ1) is 8.66. The van der Waals surface area contributed by atoms with Crippen molar-refractivity contribution in [1.29, 1.82) is 0 Å². The number of hydrogen-bond donors (Lipinski definition) is 1. The number of carbonyl (C=O) groups is 1. The van der Waals surface area contributed by atoms with E-state index in [0.29, 0.717) is 12.2 Å². The molecule has 0 unspecified atom stereocenters. The predicted octanol–water partition coefficient (Wildman–Crippen LogP) is 4.59. The number of halogens is 1. The summed E-state index contributed by atoms with van der Waals surface area (Å²) in [6.45, 7) is 2.05. The van der Waals surface area contributed by atoms with Crippen molar-refractivity contribution in [2.24, 2.45) is 0 Å². The average Bonchev–Trinajstić information content (AvgIpc) is 2.56. The molecule has 1 aromatic rings. The van der Waals surface area contributed by atoms with Crippen molar-refractivity contribution < 1.29 is 4.79 Å². The Labute approximate surface area is 117 Å². The molecule has 0 aromatic heterocycles. The maximum absolute atomic E-state index is 11.8. The first-order valence-corrected chi connectivity index (χ1v) is 7.21. The Balaban J connectivity index is 2.08. The van der Waals surface area contributed by atoms with Crippen LogP contribution in [-0.2, 0) is 4.79 Å². The zero-order chi connectivity index (χ0) is 13.0. The van der Waals surface area contributed by atoms with Crippen molar-refractivity contribution in [2.45, 2.75) is 39.0 Å². The van der Waals surface area contributed by atoms with Gasteiger partial charge in [-0.1, -0.05) is 22.4 Å². The minimum atomic E-state index is 0.300. The number of benzene rings is 1. The van der Waals surface area contributed by atoms with Crippen LogP contribution in [0.5, 0.6) is 0 Å². The Morgan fingerprint density at radius 1 is 1.22 bits per heavy atom. The van der Waals surface area contributed by atoms with E-state index in [1.165, 1.54) is 12.0 Å². The molecular formula is C15H18BrNO. The summed E-state index contributed by atoms with van der Waals surface area (Å²) in [6, 6.07) is 6.10. The Kier molecular flexibility index (Phi) is 4.59. The molecule has 0 bridgehead atoms. The van der Waals surface area contributed by atoms with Crippen LogP contribution >= 0.6 is 15.9 Å². The monoisotopic (exact) mass is 307 g/mol. The molecule has 1 aliphatic carbocycles. The molecule has 0 saturated heterocycles. The van der Waals surface area contributed by atoms with Crippen LogP contribution in [0.3, 0.4) is 0 Å². The number of ketones is 1. The largest absolute Gasteiger partial charge is 0.361 e. The van der Waals surface area contributed by atoms with E-state index in [2.05, 4.69) is 34.2 Å². The third-order valence-electron chi connectivity index (χ3n) is 3.28. The van der Waals surface area contributed by atoms with Crippen LogP contribution in [0.25, 0.3) is 0 Å². The van der Waals surface area contributed by atoms with Crippen LogP contribution in [0.4, 0.5) is 5.69 Å². The van der Waals surface area contributed by atoms with E-state index >= 15 is 0 Å². The molecule has 0 atom stereocenters. The van der Waals surface area contributed by atoms with Gasteiger partial charge in [-0.2, -0.15) is 0 Å². The van der Waals surface area contributed by atoms with E-state index in [-0.39, 0.29) is 0 Å². The Bertz CT molecular complexity index is 479. The third kappa shape index (κ3) is 3.45. The standard InChI is InChI=1S/C15H18BrNO/c1-11-9-13(7-8-14(11)16)17-10-12-5-3-2-4-6-15(12)18/h7-10,17H,2-6H2,1H3/b12-10+. The van der Waals surface area contributed by atoms with Gasteiger partial charge in [-0.25, -0.2) is 0 Å². The fraction of sp³-hybridized carbons (Fsp3) is 0.400. The Morgan fingerprint density at radius 2 is 2.00 bits per heavy atom. The summed E-state index contributed by atoms with van der Waals surface area (Å²) in [7, 11) is 0. The molecule has 3 heteroatoms. The van der Waals surface area contributed by atoms with Crippen molar-refractivity contribution in [3.63, 3.8) is 0 Å². The van der Waals surface area contributed by atoms with Gasteiger partial charge in [0.25, 0.3) is 0 Å². The van der Waals surface area contributed by atoms with Crippen molar-refractivity contribution in [1.82, 2.24) is 0 Å². The molecule has 0 amide bonds. The third-order valence-corrected chi connectivity index (χ3v) is 4.17. The SMILES string of the molecule is Cc1cc(N/C=C2\CCCCCC2=O)ccc1Br. The molecule has 2 rings (SSSR count). The highest BCUT2D eigenvalue weighted by Crippen LogP contribution is 2.22. The molecule has 1 saturated carbocycles. The quantitative estimate of drug-likeness (QED) is 0.639. The van der Waals surface area contributed by atoms with E-state index < -0.39 is 0 Å². The molecule has 18 heavy (non-hydrogen) atoms. The summed E-state index contributed by atoms with van der Waals surface area (Å²) in [6.07, 6.45) is 6.82. The summed E-state index contributed by atoms with van der Waals surface area (Å²) in [5, 5.41) is 3.24. The smallest absolute Gasteiger partial charge is 0.160 e. The van der Waals surface area contributed by atoms with Crippen LogP contribution in [0.2, 0.25) is 0 Å². The van der Waals surface area contributed by atoms with Crippen molar-refractivity contribution >= 4 is 27.4 Å². The van der Waals surface area contributed by atoms with Crippen molar-refractivity contribution in [3.8, 4) is 0 Å². The Morgan fingerprint density at radius 3 is 2.78 bits per heavy atom. The fourth-order valence-electron chi connectivity index (χ4n) is 2.14. The molecule has 0 heterocycles. The number of aryl methyl sites for hydroxylation is 1. The van der Waals surface area contributed by atoms with Crippen molar-refractivity contribution in [3.05, 3.63) is 40.0 Å². The van der Waals surface area contributed by atoms with Gasteiger partial charge in [0.2, 0.25) is 0 Å².